The molecule has 2 rings (SSSR count). The van der Waals surface area contributed by atoms with E-state index in [1.165, 1.54) is 0 Å². The minimum Gasteiger partial charge on any atom is -0.505 e. The number of phenolic OH excluding ortho intramolecular Hbond substituents is 1. The standard InChI is InChI=1S/C15H12N2O5/c1-9(18)22-13-8-10(15(20)21)7-12(19)14(13)17-16-11-5-3-2-4-6-11/h2-8,19H,1H3,(H,20,21). The topological polar surface area (TPSA) is 109 Å². The lowest BCUT2D eigenvalue weighted by Gasteiger charge is -2.07. The van der Waals surface area contributed by atoms with Crippen LogP contribution >= 0.6 is 0 Å². The zero-order chi connectivity index (χ0) is 16.1. The molecule has 7 heteroatoms. The summed E-state index contributed by atoms with van der Waals surface area (Å²) in [6.45, 7) is 1.16. The van der Waals surface area contributed by atoms with Gasteiger partial charge in [0.25, 0.3) is 0 Å². The Morgan fingerprint density at radius 2 is 1.77 bits per heavy atom. The number of hydrogen-bond donors (Lipinski definition) is 2. The van der Waals surface area contributed by atoms with Crippen LogP contribution in [0.5, 0.6) is 11.5 Å². The smallest absolute Gasteiger partial charge is 0.335 e. The molecule has 2 aromatic rings. The van der Waals surface area contributed by atoms with Crippen molar-refractivity contribution in [1.29, 1.82) is 0 Å². The average Bonchev–Trinajstić information content (AvgIpc) is 2.46. The minimum atomic E-state index is -1.27. The molecule has 0 spiro atoms. The third-order valence-corrected chi connectivity index (χ3v) is 2.58. The molecule has 7 nitrogen and oxygen atoms in total. The molecular weight excluding hydrogens is 288 g/mol. The highest BCUT2D eigenvalue weighted by Gasteiger charge is 2.16. The number of azo groups is 1. The van der Waals surface area contributed by atoms with Gasteiger partial charge >= 0.3 is 11.9 Å². The molecular formula is C15H12N2O5. The predicted molar refractivity (Wildman–Crippen MR) is 77.0 cm³/mol. The van der Waals surface area contributed by atoms with Crippen molar-refractivity contribution in [3.8, 4) is 11.5 Å². The number of aromatic hydroxyl groups is 1. The lowest BCUT2D eigenvalue weighted by Crippen LogP contribution is -2.04. The van der Waals surface area contributed by atoms with Gasteiger partial charge in [-0.15, -0.1) is 5.11 Å². The number of aromatic carboxylic acids is 1. The number of benzene rings is 2. The Labute approximate surface area is 125 Å². The number of ether oxygens (including phenoxy) is 1. The summed E-state index contributed by atoms with van der Waals surface area (Å²) in [7, 11) is 0. The van der Waals surface area contributed by atoms with Gasteiger partial charge in [0.15, 0.2) is 11.4 Å². The van der Waals surface area contributed by atoms with Gasteiger partial charge in [0.1, 0.15) is 5.75 Å². The number of carboxylic acid groups (broad SMARTS) is 1. The molecule has 22 heavy (non-hydrogen) atoms. The molecule has 0 aliphatic carbocycles. The number of carboxylic acids is 1. The molecule has 0 aliphatic heterocycles. The highest BCUT2D eigenvalue weighted by Crippen LogP contribution is 2.39. The van der Waals surface area contributed by atoms with Crippen molar-refractivity contribution in [1.82, 2.24) is 0 Å². The molecule has 0 saturated heterocycles. The fraction of sp³-hybridized carbons (Fsp3) is 0.0667. The summed E-state index contributed by atoms with van der Waals surface area (Å²) in [6.07, 6.45) is 0. The number of rotatable bonds is 4. The number of carbonyl (C=O) groups excluding carboxylic acids is 1. The summed E-state index contributed by atoms with van der Waals surface area (Å²) < 4.78 is 4.89. The van der Waals surface area contributed by atoms with Crippen molar-refractivity contribution >= 4 is 23.3 Å². The first-order valence-electron chi connectivity index (χ1n) is 6.23. The van der Waals surface area contributed by atoms with Gasteiger partial charge in [-0.3, -0.25) is 4.79 Å². The number of hydrogen-bond acceptors (Lipinski definition) is 6. The van der Waals surface area contributed by atoms with E-state index in [0.29, 0.717) is 5.69 Å². The second kappa shape index (κ2) is 6.49. The third kappa shape index (κ3) is 3.66. The van der Waals surface area contributed by atoms with Gasteiger partial charge in [0.2, 0.25) is 0 Å². The van der Waals surface area contributed by atoms with E-state index in [4.69, 9.17) is 9.84 Å². The Kier molecular flexibility index (Phi) is 4.47. The summed E-state index contributed by atoms with van der Waals surface area (Å²) >= 11 is 0. The normalized spacial score (nSPS) is 10.6. The summed E-state index contributed by atoms with van der Waals surface area (Å²) in [5.74, 6) is -2.56. The average molecular weight is 300 g/mol. The van der Waals surface area contributed by atoms with Gasteiger partial charge in [0.05, 0.1) is 11.3 Å². The molecule has 0 aromatic heterocycles. The van der Waals surface area contributed by atoms with Crippen LogP contribution in [0.15, 0.2) is 52.7 Å². The van der Waals surface area contributed by atoms with Crippen LogP contribution in [0.25, 0.3) is 0 Å². The number of phenols is 1. The minimum absolute atomic E-state index is 0.121. The highest BCUT2D eigenvalue weighted by atomic mass is 16.5. The molecule has 0 amide bonds. The fourth-order valence-corrected chi connectivity index (χ4v) is 1.65. The van der Waals surface area contributed by atoms with Gasteiger partial charge in [-0.1, -0.05) is 18.2 Å². The van der Waals surface area contributed by atoms with Crippen LogP contribution in [0.2, 0.25) is 0 Å². The Morgan fingerprint density at radius 1 is 1.09 bits per heavy atom. The van der Waals surface area contributed by atoms with Gasteiger partial charge in [-0.05, 0) is 24.3 Å². The van der Waals surface area contributed by atoms with E-state index >= 15 is 0 Å². The Hall–Kier alpha value is -3.22. The van der Waals surface area contributed by atoms with E-state index < -0.39 is 17.7 Å². The van der Waals surface area contributed by atoms with Crippen molar-refractivity contribution in [2.75, 3.05) is 0 Å². The number of esters is 1. The van der Waals surface area contributed by atoms with Crippen LogP contribution in [-0.2, 0) is 4.79 Å². The molecule has 0 bridgehead atoms. The zero-order valence-electron chi connectivity index (χ0n) is 11.6. The van der Waals surface area contributed by atoms with Crippen LogP contribution in [0.4, 0.5) is 11.4 Å². The van der Waals surface area contributed by atoms with Crippen molar-refractivity contribution in [2.45, 2.75) is 6.92 Å². The first-order valence-corrected chi connectivity index (χ1v) is 6.23. The van der Waals surface area contributed by atoms with Gasteiger partial charge < -0.3 is 14.9 Å². The summed E-state index contributed by atoms with van der Waals surface area (Å²) in [4.78, 5) is 22.1. The maximum Gasteiger partial charge on any atom is 0.335 e. The van der Waals surface area contributed by atoms with Gasteiger partial charge in [0, 0.05) is 6.92 Å². The number of nitrogens with zero attached hydrogens (tertiary/aromatic N) is 2. The second-order valence-electron chi connectivity index (χ2n) is 4.28. The van der Waals surface area contributed by atoms with E-state index in [0.717, 1.165) is 19.1 Å². The van der Waals surface area contributed by atoms with Gasteiger partial charge in [-0.25, -0.2) is 4.79 Å². The third-order valence-electron chi connectivity index (χ3n) is 2.58. The molecule has 0 atom stereocenters. The van der Waals surface area contributed by atoms with E-state index in [1.807, 2.05) is 6.07 Å². The van der Waals surface area contributed by atoms with Gasteiger partial charge in [-0.2, -0.15) is 5.11 Å². The van der Waals surface area contributed by atoms with E-state index in [2.05, 4.69) is 10.2 Å². The quantitative estimate of drug-likeness (QED) is 0.511. The molecule has 0 aliphatic rings. The first kappa shape index (κ1) is 15.2. The van der Waals surface area contributed by atoms with E-state index in [9.17, 15) is 14.7 Å². The Balaban J connectivity index is 2.46. The van der Waals surface area contributed by atoms with Crippen molar-refractivity contribution in [3.05, 3.63) is 48.0 Å². The van der Waals surface area contributed by atoms with Crippen LogP contribution in [0, 0.1) is 0 Å². The number of carbonyl (C=O) groups is 2. The van der Waals surface area contributed by atoms with Crippen molar-refractivity contribution in [3.63, 3.8) is 0 Å². The second-order valence-corrected chi connectivity index (χ2v) is 4.28. The van der Waals surface area contributed by atoms with Crippen LogP contribution in [0.3, 0.4) is 0 Å². The first-order chi connectivity index (χ1) is 10.5. The van der Waals surface area contributed by atoms with E-state index in [1.54, 1.807) is 24.3 Å². The van der Waals surface area contributed by atoms with Crippen LogP contribution < -0.4 is 4.74 Å². The summed E-state index contributed by atoms with van der Waals surface area (Å²) in [6, 6.07) is 10.8. The SMILES string of the molecule is CC(=O)Oc1cc(C(=O)O)cc(O)c1N=Nc1ccccc1. The maximum absolute atomic E-state index is 11.1. The lowest BCUT2D eigenvalue weighted by atomic mass is 10.1. The molecule has 0 saturated carbocycles. The molecule has 0 radical (unpaired) electrons. The van der Waals surface area contributed by atoms with Crippen LogP contribution in [-0.4, -0.2) is 22.2 Å². The molecule has 0 heterocycles. The monoisotopic (exact) mass is 300 g/mol. The summed E-state index contributed by atoms with van der Waals surface area (Å²) in [5, 5.41) is 26.6. The molecule has 0 fully saturated rings. The van der Waals surface area contributed by atoms with Crippen molar-refractivity contribution < 1.29 is 24.5 Å². The predicted octanol–water partition coefficient (Wildman–Crippen LogP) is 3.43. The zero-order valence-corrected chi connectivity index (χ0v) is 11.6. The Bertz CT molecular complexity index is 741. The Morgan fingerprint density at radius 3 is 2.36 bits per heavy atom. The van der Waals surface area contributed by atoms with E-state index in [-0.39, 0.29) is 17.0 Å². The molecule has 0 unspecified atom stereocenters. The van der Waals surface area contributed by atoms with Crippen LogP contribution in [0.1, 0.15) is 17.3 Å². The summed E-state index contributed by atoms with van der Waals surface area (Å²) in [5.41, 5.74) is 0.175. The highest BCUT2D eigenvalue weighted by molar-refractivity contribution is 5.90. The largest absolute Gasteiger partial charge is 0.505 e. The molecule has 2 N–H and O–H groups in total. The maximum atomic E-state index is 11.1. The fourth-order valence-electron chi connectivity index (χ4n) is 1.65. The molecule has 2 aromatic carbocycles. The molecule has 112 valence electrons. The van der Waals surface area contributed by atoms with Crippen molar-refractivity contribution in [2.24, 2.45) is 10.2 Å². The lowest BCUT2D eigenvalue weighted by molar-refractivity contribution is -0.131.